The Bertz CT molecular complexity index is 1120. The minimum absolute atomic E-state index is 0.171. The second-order valence-corrected chi connectivity index (χ2v) is 8.51. The van der Waals surface area contributed by atoms with Crippen LogP contribution in [0.4, 0.5) is 14.6 Å². The van der Waals surface area contributed by atoms with E-state index in [0.29, 0.717) is 30.8 Å². The first-order chi connectivity index (χ1) is 13.8. The monoisotopic (exact) mass is 420 g/mol. The molecule has 0 amide bonds. The summed E-state index contributed by atoms with van der Waals surface area (Å²) in [7, 11) is -3.98. The molecule has 4 rings (SSSR count). The summed E-state index contributed by atoms with van der Waals surface area (Å²) in [5, 5.41) is 0. The van der Waals surface area contributed by atoms with Crippen LogP contribution in [0.15, 0.2) is 47.9 Å². The van der Waals surface area contributed by atoms with E-state index in [9.17, 15) is 17.2 Å². The maximum atomic E-state index is 13.4. The number of benzene rings is 1. The SMILES string of the molecule is Cc1nccn1-c1cc(N2CCN(S(=O)(=O)c3cc(F)cc(F)c3)CC2)ncn1. The summed E-state index contributed by atoms with van der Waals surface area (Å²) in [4.78, 5) is 14.3. The molecule has 0 saturated carbocycles. The Morgan fingerprint density at radius 1 is 0.897 bits per heavy atom. The van der Waals surface area contributed by atoms with Gasteiger partial charge in [0.2, 0.25) is 10.0 Å². The lowest BCUT2D eigenvalue weighted by atomic mass is 10.3. The number of hydrogen-bond donors (Lipinski definition) is 0. The topological polar surface area (TPSA) is 84.2 Å². The van der Waals surface area contributed by atoms with Crippen LogP contribution in [0.25, 0.3) is 5.82 Å². The van der Waals surface area contributed by atoms with Gasteiger partial charge in [-0.3, -0.25) is 4.57 Å². The molecule has 1 aliphatic rings. The van der Waals surface area contributed by atoms with Crippen molar-refractivity contribution in [3.63, 3.8) is 0 Å². The smallest absolute Gasteiger partial charge is 0.243 e. The van der Waals surface area contributed by atoms with E-state index in [4.69, 9.17) is 0 Å². The van der Waals surface area contributed by atoms with Crippen molar-refractivity contribution >= 4 is 15.8 Å². The van der Waals surface area contributed by atoms with Gasteiger partial charge in [0.25, 0.3) is 0 Å². The molecule has 1 saturated heterocycles. The van der Waals surface area contributed by atoms with Gasteiger partial charge in [0, 0.05) is 50.7 Å². The Hall–Kier alpha value is -2.92. The van der Waals surface area contributed by atoms with Gasteiger partial charge in [-0.2, -0.15) is 4.31 Å². The fraction of sp³-hybridized carbons (Fsp3) is 0.278. The van der Waals surface area contributed by atoms with Gasteiger partial charge in [-0.1, -0.05) is 0 Å². The number of sulfonamides is 1. The number of aromatic nitrogens is 4. The molecule has 11 heteroatoms. The Morgan fingerprint density at radius 3 is 2.17 bits per heavy atom. The molecule has 3 heterocycles. The highest BCUT2D eigenvalue weighted by molar-refractivity contribution is 7.89. The van der Waals surface area contributed by atoms with Crippen LogP contribution in [0.3, 0.4) is 0 Å². The van der Waals surface area contributed by atoms with Crippen LogP contribution >= 0.6 is 0 Å². The third-order valence-corrected chi connectivity index (χ3v) is 6.62. The summed E-state index contributed by atoms with van der Waals surface area (Å²) in [5.41, 5.74) is 0. The van der Waals surface area contributed by atoms with Gasteiger partial charge in [-0.25, -0.2) is 32.2 Å². The van der Waals surface area contributed by atoms with Crippen LogP contribution in [0.2, 0.25) is 0 Å². The first-order valence-corrected chi connectivity index (χ1v) is 10.3. The maximum Gasteiger partial charge on any atom is 0.243 e. The molecule has 1 fully saturated rings. The Balaban J connectivity index is 1.50. The molecular weight excluding hydrogens is 402 g/mol. The van der Waals surface area contributed by atoms with Crippen molar-refractivity contribution in [2.75, 3.05) is 31.1 Å². The molecule has 8 nitrogen and oxygen atoms in total. The van der Waals surface area contributed by atoms with Crippen LogP contribution in [-0.4, -0.2) is 58.4 Å². The average Bonchev–Trinajstić information content (AvgIpc) is 3.13. The fourth-order valence-electron chi connectivity index (χ4n) is 3.25. The number of anilines is 1. The number of piperazine rings is 1. The molecule has 0 N–H and O–H groups in total. The second kappa shape index (κ2) is 7.48. The van der Waals surface area contributed by atoms with Gasteiger partial charge in [0.15, 0.2) is 0 Å². The highest BCUT2D eigenvalue weighted by Crippen LogP contribution is 2.22. The zero-order valence-corrected chi connectivity index (χ0v) is 16.4. The number of imidazole rings is 1. The molecule has 1 aromatic carbocycles. The molecule has 152 valence electrons. The van der Waals surface area contributed by atoms with E-state index in [1.54, 1.807) is 18.5 Å². The summed E-state index contributed by atoms with van der Waals surface area (Å²) in [6.07, 6.45) is 4.92. The van der Waals surface area contributed by atoms with Crippen molar-refractivity contribution < 1.29 is 17.2 Å². The molecule has 0 radical (unpaired) electrons. The molecule has 0 aliphatic carbocycles. The molecule has 1 aliphatic heterocycles. The molecule has 0 atom stereocenters. The third-order valence-electron chi connectivity index (χ3n) is 4.75. The summed E-state index contributed by atoms with van der Waals surface area (Å²) in [5.74, 6) is 0.260. The van der Waals surface area contributed by atoms with Crippen molar-refractivity contribution in [3.05, 3.63) is 60.4 Å². The number of nitrogens with zero attached hydrogens (tertiary/aromatic N) is 6. The van der Waals surface area contributed by atoms with Gasteiger partial charge in [0.1, 0.15) is 35.4 Å². The summed E-state index contributed by atoms with van der Waals surface area (Å²) < 4.78 is 55.4. The summed E-state index contributed by atoms with van der Waals surface area (Å²) in [6, 6.07) is 4.11. The van der Waals surface area contributed by atoms with E-state index >= 15 is 0 Å². The Labute approximate surface area is 166 Å². The van der Waals surface area contributed by atoms with Crippen LogP contribution in [0, 0.1) is 18.6 Å². The molecule has 3 aromatic rings. The molecule has 2 aromatic heterocycles. The number of hydrogen-bond acceptors (Lipinski definition) is 6. The fourth-order valence-corrected chi connectivity index (χ4v) is 4.71. The normalized spacial score (nSPS) is 15.6. The van der Waals surface area contributed by atoms with E-state index in [0.717, 1.165) is 18.0 Å². The van der Waals surface area contributed by atoms with Gasteiger partial charge in [0.05, 0.1) is 4.90 Å². The van der Waals surface area contributed by atoms with Crippen LogP contribution in [0.5, 0.6) is 0 Å². The summed E-state index contributed by atoms with van der Waals surface area (Å²) in [6.45, 7) is 2.97. The lowest BCUT2D eigenvalue weighted by Gasteiger charge is -2.34. The second-order valence-electron chi connectivity index (χ2n) is 6.58. The van der Waals surface area contributed by atoms with E-state index in [1.165, 1.54) is 10.6 Å². The average molecular weight is 420 g/mol. The molecule has 29 heavy (non-hydrogen) atoms. The van der Waals surface area contributed by atoms with Crippen molar-refractivity contribution in [3.8, 4) is 5.82 Å². The van der Waals surface area contributed by atoms with Gasteiger partial charge < -0.3 is 4.90 Å². The third kappa shape index (κ3) is 3.83. The van der Waals surface area contributed by atoms with Crippen molar-refractivity contribution in [2.45, 2.75) is 11.8 Å². The van der Waals surface area contributed by atoms with Gasteiger partial charge in [-0.15, -0.1) is 0 Å². The zero-order chi connectivity index (χ0) is 20.6. The number of aryl methyl sites for hydroxylation is 1. The summed E-state index contributed by atoms with van der Waals surface area (Å²) >= 11 is 0. The molecule has 0 spiro atoms. The lowest BCUT2D eigenvalue weighted by Crippen LogP contribution is -2.49. The predicted octanol–water partition coefficient (Wildman–Crippen LogP) is 1.76. The molecule has 0 bridgehead atoms. The Kier molecular flexibility index (Phi) is 5.01. The minimum Gasteiger partial charge on any atom is -0.354 e. The van der Waals surface area contributed by atoms with E-state index < -0.39 is 21.7 Å². The quantitative estimate of drug-likeness (QED) is 0.640. The maximum absolute atomic E-state index is 13.4. The zero-order valence-electron chi connectivity index (χ0n) is 15.5. The van der Waals surface area contributed by atoms with Crippen molar-refractivity contribution in [1.82, 2.24) is 23.8 Å². The largest absolute Gasteiger partial charge is 0.354 e. The molecule has 0 unspecified atom stereocenters. The standard InChI is InChI=1S/C18H18F2N6O2S/c1-13-21-2-3-26(13)18-11-17(22-12-23-18)24-4-6-25(7-5-24)29(27,28)16-9-14(19)8-15(20)10-16/h2-3,8-12H,4-7H2,1H3. The van der Waals surface area contributed by atoms with E-state index in [2.05, 4.69) is 15.0 Å². The van der Waals surface area contributed by atoms with Crippen molar-refractivity contribution in [2.24, 2.45) is 0 Å². The minimum atomic E-state index is -3.98. The van der Waals surface area contributed by atoms with E-state index in [1.807, 2.05) is 16.4 Å². The first-order valence-electron chi connectivity index (χ1n) is 8.88. The molecular formula is C18H18F2N6O2S. The van der Waals surface area contributed by atoms with Crippen LogP contribution in [0.1, 0.15) is 5.82 Å². The Morgan fingerprint density at radius 2 is 1.55 bits per heavy atom. The van der Waals surface area contributed by atoms with Crippen LogP contribution < -0.4 is 4.90 Å². The first kappa shape index (κ1) is 19.4. The lowest BCUT2D eigenvalue weighted by molar-refractivity contribution is 0.383. The van der Waals surface area contributed by atoms with Crippen molar-refractivity contribution in [1.29, 1.82) is 0 Å². The number of halogens is 2. The highest BCUT2D eigenvalue weighted by Gasteiger charge is 2.30. The van der Waals surface area contributed by atoms with Crippen LogP contribution in [-0.2, 0) is 10.0 Å². The highest BCUT2D eigenvalue weighted by atomic mass is 32.2. The number of rotatable bonds is 4. The van der Waals surface area contributed by atoms with Gasteiger partial charge >= 0.3 is 0 Å². The predicted molar refractivity (Wildman–Crippen MR) is 101 cm³/mol. The van der Waals surface area contributed by atoms with Gasteiger partial charge in [-0.05, 0) is 19.1 Å². The van der Waals surface area contributed by atoms with E-state index in [-0.39, 0.29) is 18.0 Å².